The topological polar surface area (TPSA) is 89.0 Å². The number of methoxy groups -OCH3 is 2. The van der Waals surface area contributed by atoms with E-state index in [2.05, 4.69) is 4.98 Å². The zero-order valence-electron chi connectivity index (χ0n) is 19.3. The van der Waals surface area contributed by atoms with E-state index >= 15 is 0 Å². The van der Waals surface area contributed by atoms with Gasteiger partial charge in [0.2, 0.25) is 0 Å². The maximum absolute atomic E-state index is 13.5. The quantitative estimate of drug-likeness (QED) is 0.236. The van der Waals surface area contributed by atoms with Crippen molar-refractivity contribution in [3.63, 3.8) is 0 Å². The number of hydrogen-bond acceptors (Lipinski definition) is 7. The van der Waals surface area contributed by atoms with E-state index in [0.717, 1.165) is 15.8 Å². The van der Waals surface area contributed by atoms with E-state index < -0.39 is 17.7 Å². The lowest BCUT2D eigenvalue weighted by atomic mass is 9.94. The molecule has 176 valence electrons. The first-order valence-corrected chi connectivity index (χ1v) is 11.7. The van der Waals surface area contributed by atoms with Crippen LogP contribution in [0.1, 0.15) is 22.7 Å². The fourth-order valence-electron chi connectivity index (χ4n) is 4.25. The molecule has 1 amide bonds. The first-order chi connectivity index (χ1) is 16.9. The number of aliphatic hydroxyl groups is 1. The number of thiazole rings is 1. The Labute approximate surface area is 205 Å². The molecule has 1 N–H and O–H groups in total. The van der Waals surface area contributed by atoms with Gasteiger partial charge in [0.15, 0.2) is 5.13 Å². The highest BCUT2D eigenvalue weighted by Gasteiger charge is 2.49. The predicted molar refractivity (Wildman–Crippen MR) is 135 cm³/mol. The third kappa shape index (κ3) is 3.81. The second kappa shape index (κ2) is 8.88. The molecule has 7 nitrogen and oxygen atoms in total. The third-order valence-electron chi connectivity index (χ3n) is 5.96. The second-order valence-electron chi connectivity index (χ2n) is 8.11. The second-order valence-corrected chi connectivity index (χ2v) is 9.12. The highest BCUT2D eigenvalue weighted by atomic mass is 32.1. The van der Waals surface area contributed by atoms with Gasteiger partial charge in [-0.2, -0.15) is 0 Å². The first kappa shape index (κ1) is 22.6. The van der Waals surface area contributed by atoms with Gasteiger partial charge in [0.1, 0.15) is 23.3 Å². The van der Waals surface area contributed by atoms with Crippen molar-refractivity contribution in [1.29, 1.82) is 0 Å². The first-order valence-electron chi connectivity index (χ1n) is 10.9. The lowest BCUT2D eigenvalue weighted by Crippen LogP contribution is -2.29. The third-order valence-corrected chi connectivity index (χ3v) is 6.98. The summed E-state index contributed by atoms with van der Waals surface area (Å²) in [6, 6.07) is 18.7. The highest BCUT2D eigenvalue weighted by molar-refractivity contribution is 7.22. The molecule has 0 unspecified atom stereocenters. The van der Waals surface area contributed by atoms with Crippen molar-refractivity contribution in [3.8, 4) is 11.5 Å². The number of aromatic nitrogens is 1. The Kier molecular flexibility index (Phi) is 5.74. The number of aryl methyl sites for hydroxylation is 1. The van der Waals surface area contributed by atoms with Gasteiger partial charge in [-0.05, 0) is 42.8 Å². The summed E-state index contributed by atoms with van der Waals surface area (Å²) in [4.78, 5) is 32.9. The Balaban J connectivity index is 1.79. The maximum atomic E-state index is 13.5. The molecule has 0 spiro atoms. The average molecular weight is 487 g/mol. The van der Waals surface area contributed by atoms with Crippen LogP contribution in [0.25, 0.3) is 16.0 Å². The van der Waals surface area contributed by atoms with E-state index in [-0.39, 0.29) is 11.3 Å². The van der Waals surface area contributed by atoms with E-state index in [1.54, 1.807) is 48.5 Å². The molecular formula is C27H22N2O5S. The molecule has 2 heterocycles. The molecule has 1 aromatic heterocycles. The molecule has 8 heteroatoms. The van der Waals surface area contributed by atoms with Crippen LogP contribution in [-0.2, 0) is 9.59 Å². The summed E-state index contributed by atoms with van der Waals surface area (Å²) in [7, 11) is 3.04. The van der Waals surface area contributed by atoms with Gasteiger partial charge in [-0.25, -0.2) is 4.98 Å². The van der Waals surface area contributed by atoms with E-state index in [9.17, 15) is 14.7 Å². The number of anilines is 1. The summed E-state index contributed by atoms with van der Waals surface area (Å²) in [5, 5.41) is 11.6. The van der Waals surface area contributed by atoms with Crippen molar-refractivity contribution in [2.24, 2.45) is 0 Å². The van der Waals surface area contributed by atoms with Gasteiger partial charge in [-0.3, -0.25) is 14.5 Å². The van der Waals surface area contributed by atoms with Crippen molar-refractivity contribution in [2.45, 2.75) is 13.0 Å². The van der Waals surface area contributed by atoms with Crippen LogP contribution in [-0.4, -0.2) is 36.0 Å². The number of carbonyl (C=O) groups is 2. The fourth-order valence-corrected chi connectivity index (χ4v) is 5.34. The SMILES string of the molecule is COc1ccc(OC)c([C@@H]2C(=C(O)c3ccccc3)C(=O)C(=O)N2c2nc3ccc(C)cc3s2)c1. The Morgan fingerprint density at radius 1 is 1.00 bits per heavy atom. The van der Waals surface area contributed by atoms with Crippen LogP contribution in [0.15, 0.2) is 72.3 Å². The summed E-state index contributed by atoms with van der Waals surface area (Å²) in [6.45, 7) is 1.98. The molecule has 1 atom stereocenters. The molecule has 0 saturated carbocycles. The van der Waals surface area contributed by atoms with Crippen molar-refractivity contribution in [1.82, 2.24) is 4.98 Å². The largest absolute Gasteiger partial charge is 0.507 e. The summed E-state index contributed by atoms with van der Waals surface area (Å²) in [5.74, 6) is -0.868. The molecule has 0 bridgehead atoms. The average Bonchev–Trinajstić information content (AvgIpc) is 3.41. The van der Waals surface area contributed by atoms with Crippen LogP contribution in [0.4, 0.5) is 5.13 Å². The van der Waals surface area contributed by atoms with Crippen LogP contribution in [0.3, 0.4) is 0 Å². The monoisotopic (exact) mass is 486 g/mol. The van der Waals surface area contributed by atoms with Gasteiger partial charge < -0.3 is 14.6 Å². The Bertz CT molecular complexity index is 1490. The number of carbonyl (C=O) groups excluding carboxylic acids is 2. The van der Waals surface area contributed by atoms with Crippen LogP contribution in [0.2, 0.25) is 0 Å². The molecule has 1 saturated heterocycles. The molecule has 3 aromatic carbocycles. The summed E-state index contributed by atoms with van der Waals surface area (Å²) < 4.78 is 11.9. The molecule has 35 heavy (non-hydrogen) atoms. The van der Waals surface area contributed by atoms with Crippen molar-refractivity contribution in [3.05, 3.63) is 89.0 Å². The Morgan fingerprint density at radius 3 is 2.49 bits per heavy atom. The van der Waals surface area contributed by atoms with E-state index in [4.69, 9.17) is 9.47 Å². The molecule has 1 aliphatic rings. The zero-order chi connectivity index (χ0) is 24.7. The molecule has 1 fully saturated rings. The van der Waals surface area contributed by atoms with E-state index in [0.29, 0.717) is 27.8 Å². The minimum Gasteiger partial charge on any atom is -0.507 e. The Morgan fingerprint density at radius 2 is 1.77 bits per heavy atom. The molecular weight excluding hydrogens is 464 g/mol. The highest BCUT2D eigenvalue weighted by Crippen LogP contribution is 2.47. The van der Waals surface area contributed by atoms with Gasteiger partial charge in [0, 0.05) is 11.1 Å². The number of fused-ring (bicyclic) bond motifs is 1. The number of hydrogen-bond donors (Lipinski definition) is 1. The minimum absolute atomic E-state index is 0.0387. The number of aliphatic hydroxyl groups excluding tert-OH is 1. The van der Waals surface area contributed by atoms with Gasteiger partial charge in [0.05, 0.1) is 30.0 Å². The van der Waals surface area contributed by atoms with Crippen LogP contribution in [0.5, 0.6) is 11.5 Å². The molecule has 5 rings (SSSR count). The van der Waals surface area contributed by atoms with Crippen molar-refractivity contribution >= 4 is 44.1 Å². The van der Waals surface area contributed by atoms with Crippen LogP contribution < -0.4 is 14.4 Å². The summed E-state index contributed by atoms with van der Waals surface area (Å²) in [6.07, 6.45) is 0. The molecule has 0 radical (unpaired) electrons. The number of benzene rings is 3. The summed E-state index contributed by atoms with van der Waals surface area (Å²) >= 11 is 1.31. The standard InChI is InChI=1S/C27H22N2O5S/c1-15-9-11-19-21(13-15)35-27(28-19)29-23(18-14-17(33-2)10-12-20(18)34-3)22(25(31)26(29)32)24(30)16-7-5-4-6-8-16/h4-14,23,30H,1-3H3/t23-/m1/s1. The van der Waals surface area contributed by atoms with Crippen LogP contribution >= 0.6 is 11.3 Å². The molecule has 1 aliphatic heterocycles. The zero-order valence-corrected chi connectivity index (χ0v) is 20.1. The lowest BCUT2D eigenvalue weighted by Gasteiger charge is -2.25. The normalized spacial score (nSPS) is 17.2. The Hall–Kier alpha value is -4.17. The fraction of sp³-hybridized carbons (Fsp3) is 0.148. The number of Topliss-reactive ketones (excluding diaryl/α,β-unsaturated/α-hetero) is 1. The van der Waals surface area contributed by atoms with Gasteiger partial charge >= 0.3 is 5.91 Å². The number of rotatable bonds is 5. The lowest BCUT2D eigenvalue weighted by molar-refractivity contribution is -0.132. The number of ether oxygens (including phenoxy) is 2. The minimum atomic E-state index is -0.970. The van der Waals surface area contributed by atoms with E-state index in [1.165, 1.54) is 30.5 Å². The predicted octanol–water partition coefficient (Wildman–Crippen LogP) is 5.25. The van der Waals surface area contributed by atoms with Crippen molar-refractivity contribution < 1.29 is 24.2 Å². The number of amides is 1. The van der Waals surface area contributed by atoms with E-state index in [1.807, 2.05) is 25.1 Å². The smallest absolute Gasteiger partial charge is 0.301 e. The van der Waals surface area contributed by atoms with Gasteiger partial charge in [0.25, 0.3) is 5.78 Å². The summed E-state index contributed by atoms with van der Waals surface area (Å²) in [5.41, 5.74) is 2.67. The molecule has 4 aromatic rings. The number of nitrogens with zero attached hydrogens (tertiary/aromatic N) is 2. The number of ketones is 1. The van der Waals surface area contributed by atoms with Gasteiger partial charge in [-0.1, -0.05) is 47.7 Å². The van der Waals surface area contributed by atoms with Crippen LogP contribution in [0, 0.1) is 6.92 Å². The van der Waals surface area contributed by atoms with Crippen molar-refractivity contribution in [2.75, 3.05) is 19.1 Å². The molecule has 0 aliphatic carbocycles. The van der Waals surface area contributed by atoms with Gasteiger partial charge in [-0.15, -0.1) is 0 Å². The maximum Gasteiger partial charge on any atom is 0.301 e.